The number of hydrogen-bond acceptors (Lipinski definition) is 5. The molecule has 0 spiro atoms. The molecule has 0 unspecified atom stereocenters. The molecule has 180 valence electrons. The highest BCUT2D eigenvalue weighted by atomic mass is 16.6. The number of benzene rings is 1. The van der Waals surface area contributed by atoms with E-state index in [1.54, 1.807) is 27.7 Å². The first-order valence-corrected chi connectivity index (χ1v) is 11.2. The van der Waals surface area contributed by atoms with Crippen molar-refractivity contribution in [2.75, 3.05) is 6.61 Å². The van der Waals surface area contributed by atoms with Gasteiger partial charge in [-0.2, -0.15) is 0 Å². The van der Waals surface area contributed by atoms with Crippen molar-refractivity contribution in [3.05, 3.63) is 35.9 Å². The molecule has 1 aromatic carbocycles. The second kappa shape index (κ2) is 13.1. The third-order valence-corrected chi connectivity index (χ3v) is 4.62. The molecule has 1 rings (SSSR count). The summed E-state index contributed by atoms with van der Waals surface area (Å²) >= 11 is 0. The van der Waals surface area contributed by atoms with Crippen LogP contribution in [0.4, 0.5) is 4.79 Å². The van der Waals surface area contributed by atoms with E-state index < -0.39 is 29.7 Å². The van der Waals surface area contributed by atoms with Crippen molar-refractivity contribution in [3.8, 4) is 0 Å². The van der Waals surface area contributed by atoms with Gasteiger partial charge in [-0.1, -0.05) is 44.2 Å². The lowest BCUT2D eigenvalue weighted by Crippen LogP contribution is -2.55. The zero-order chi connectivity index (χ0) is 24.3. The van der Waals surface area contributed by atoms with E-state index in [0.717, 1.165) is 12.0 Å². The largest absolute Gasteiger partial charge is 0.444 e. The molecule has 3 amide bonds. The van der Waals surface area contributed by atoms with Crippen molar-refractivity contribution in [2.45, 2.75) is 84.5 Å². The van der Waals surface area contributed by atoms with Gasteiger partial charge in [-0.25, -0.2) is 4.79 Å². The zero-order valence-corrected chi connectivity index (χ0v) is 20.1. The molecule has 1 aromatic rings. The fourth-order valence-corrected chi connectivity index (χ4v) is 3.19. The minimum atomic E-state index is -0.911. The van der Waals surface area contributed by atoms with Gasteiger partial charge in [-0.05, 0) is 52.0 Å². The second-order valence-corrected chi connectivity index (χ2v) is 9.47. The van der Waals surface area contributed by atoms with Gasteiger partial charge in [-0.15, -0.1) is 0 Å². The summed E-state index contributed by atoms with van der Waals surface area (Å²) in [6.07, 6.45) is 0.719. The Morgan fingerprint density at radius 3 is 2.12 bits per heavy atom. The third-order valence-electron chi connectivity index (χ3n) is 4.62. The van der Waals surface area contributed by atoms with Crippen LogP contribution < -0.4 is 16.0 Å². The maximum Gasteiger partial charge on any atom is 0.408 e. The van der Waals surface area contributed by atoms with Crippen LogP contribution in [0, 0.1) is 5.92 Å². The summed E-state index contributed by atoms with van der Waals surface area (Å²) in [7, 11) is 0. The van der Waals surface area contributed by atoms with Crippen LogP contribution >= 0.6 is 0 Å². The first kappa shape index (κ1) is 27.4. The molecule has 4 N–H and O–H groups in total. The van der Waals surface area contributed by atoms with Crippen LogP contribution in [0.15, 0.2) is 30.3 Å². The zero-order valence-electron chi connectivity index (χ0n) is 20.1. The Labute approximate surface area is 191 Å². The quantitative estimate of drug-likeness (QED) is 0.414. The molecule has 0 fully saturated rings. The first-order valence-electron chi connectivity index (χ1n) is 11.2. The van der Waals surface area contributed by atoms with Gasteiger partial charge in [0, 0.05) is 19.1 Å². The van der Waals surface area contributed by atoms with E-state index in [9.17, 15) is 19.5 Å². The Bertz CT molecular complexity index is 731. The SMILES string of the molecule is CC(C)C[C@@H](CCO)NC(=O)[C@H](C)NC(=O)[C@H](Cc1ccccc1)NC(=O)OC(C)(C)C. The van der Waals surface area contributed by atoms with Crippen LogP contribution in [-0.4, -0.2) is 53.3 Å². The summed E-state index contributed by atoms with van der Waals surface area (Å²) in [6.45, 7) is 10.9. The molecule has 0 radical (unpaired) electrons. The fraction of sp³-hybridized carbons (Fsp3) is 0.625. The van der Waals surface area contributed by atoms with Gasteiger partial charge in [0.15, 0.2) is 0 Å². The topological polar surface area (TPSA) is 117 Å². The van der Waals surface area contributed by atoms with Crippen molar-refractivity contribution in [1.82, 2.24) is 16.0 Å². The minimum absolute atomic E-state index is 0.0304. The Hall–Kier alpha value is -2.61. The van der Waals surface area contributed by atoms with Gasteiger partial charge in [0.1, 0.15) is 17.7 Å². The van der Waals surface area contributed by atoms with Crippen LogP contribution in [-0.2, 0) is 20.7 Å². The Morgan fingerprint density at radius 1 is 0.969 bits per heavy atom. The maximum atomic E-state index is 13.0. The van der Waals surface area contributed by atoms with Crippen molar-refractivity contribution in [3.63, 3.8) is 0 Å². The Kier molecular flexibility index (Phi) is 11.2. The van der Waals surface area contributed by atoms with E-state index in [2.05, 4.69) is 16.0 Å². The number of alkyl carbamates (subject to hydrolysis) is 1. The molecule has 3 atom stereocenters. The van der Waals surface area contributed by atoms with Crippen molar-refractivity contribution in [2.24, 2.45) is 5.92 Å². The van der Waals surface area contributed by atoms with E-state index in [4.69, 9.17) is 4.74 Å². The Balaban J connectivity index is 2.84. The van der Waals surface area contributed by atoms with Crippen LogP contribution in [0.2, 0.25) is 0 Å². The second-order valence-electron chi connectivity index (χ2n) is 9.47. The number of hydrogen-bond donors (Lipinski definition) is 4. The van der Waals surface area contributed by atoms with Crippen molar-refractivity contribution in [1.29, 1.82) is 0 Å². The van der Waals surface area contributed by atoms with Crippen LogP contribution in [0.5, 0.6) is 0 Å². The summed E-state index contributed by atoms with van der Waals surface area (Å²) in [5, 5.41) is 17.4. The van der Waals surface area contributed by atoms with E-state index in [1.807, 2.05) is 44.2 Å². The van der Waals surface area contributed by atoms with Crippen molar-refractivity contribution >= 4 is 17.9 Å². The number of aliphatic hydroxyl groups is 1. The molecule has 32 heavy (non-hydrogen) atoms. The van der Waals surface area contributed by atoms with Gasteiger partial charge in [-0.3, -0.25) is 9.59 Å². The summed E-state index contributed by atoms with van der Waals surface area (Å²) in [5.41, 5.74) is 0.157. The van der Waals surface area contributed by atoms with E-state index in [0.29, 0.717) is 12.3 Å². The smallest absolute Gasteiger partial charge is 0.408 e. The molecule has 8 heteroatoms. The number of amides is 3. The molecule has 0 heterocycles. The molecule has 8 nitrogen and oxygen atoms in total. The number of carbonyl (C=O) groups is 3. The molecule has 0 aliphatic heterocycles. The predicted molar refractivity (Wildman–Crippen MR) is 124 cm³/mol. The molecular formula is C24H39N3O5. The van der Waals surface area contributed by atoms with Gasteiger partial charge < -0.3 is 25.8 Å². The highest BCUT2D eigenvalue weighted by Crippen LogP contribution is 2.10. The van der Waals surface area contributed by atoms with E-state index in [1.165, 1.54) is 0 Å². The van der Waals surface area contributed by atoms with Gasteiger partial charge in [0.2, 0.25) is 11.8 Å². The van der Waals surface area contributed by atoms with Crippen LogP contribution in [0.1, 0.15) is 59.9 Å². The molecule has 0 aliphatic carbocycles. The van der Waals surface area contributed by atoms with Crippen LogP contribution in [0.3, 0.4) is 0 Å². The normalized spacial score (nSPS) is 14.2. The summed E-state index contributed by atoms with van der Waals surface area (Å²) < 4.78 is 5.29. The maximum absolute atomic E-state index is 13.0. The molecule has 0 aliphatic rings. The summed E-state index contributed by atoms with van der Waals surface area (Å²) in [6, 6.07) is 7.39. The first-order chi connectivity index (χ1) is 14.9. The number of ether oxygens (including phenoxy) is 1. The Morgan fingerprint density at radius 2 is 1.59 bits per heavy atom. The number of rotatable bonds is 11. The standard InChI is InChI=1S/C24H39N3O5/c1-16(2)14-19(12-13-28)26-21(29)17(3)25-22(30)20(15-18-10-8-7-9-11-18)27-23(31)32-24(4,5)6/h7-11,16-17,19-20,28H,12-15H2,1-6H3,(H,25,30)(H,26,29)(H,27,31)/t17-,19+,20-/m0/s1. The molecule has 0 aromatic heterocycles. The number of aliphatic hydroxyl groups excluding tert-OH is 1. The summed E-state index contributed by atoms with van der Waals surface area (Å²) in [5.74, 6) is -0.469. The number of nitrogens with one attached hydrogen (secondary N) is 3. The average Bonchev–Trinajstić information content (AvgIpc) is 2.66. The van der Waals surface area contributed by atoms with Gasteiger partial charge >= 0.3 is 6.09 Å². The van der Waals surface area contributed by atoms with Gasteiger partial charge in [0.25, 0.3) is 0 Å². The van der Waals surface area contributed by atoms with Gasteiger partial charge in [0.05, 0.1) is 0 Å². The monoisotopic (exact) mass is 449 g/mol. The van der Waals surface area contributed by atoms with E-state index >= 15 is 0 Å². The molecular weight excluding hydrogens is 410 g/mol. The highest BCUT2D eigenvalue weighted by molar-refractivity contribution is 5.91. The fourth-order valence-electron chi connectivity index (χ4n) is 3.19. The minimum Gasteiger partial charge on any atom is -0.444 e. The highest BCUT2D eigenvalue weighted by Gasteiger charge is 2.27. The van der Waals surface area contributed by atoms with Crippen molar-refractivity contribution < 1.29 is 24.2 Å². The lowest BCUT2D eigenvalue weighted by molar-refractivity contribution is -0.130. The lowest BCUT2D eigenvalue weighted by Gasteiger charge is -2.25. The number of carbonyl (C=O) groups excluding carboxylic acids is 3. The third kappa shape index (κ3) is 11.1. The lowest BCUT2D eigenvalue weighted by atomic mass is 10.0. The molecule has 0 bridgehead atoms. The average molecular weight is 450 g/mol. The van der Waals surface area contributed by atoms with Crippen LogP contribution in [0.25, 0.3) is 0 Å². The predicted octanol–water partition coefficient (Wildman–Crippen LogP) is 2.54. The molecule has 0 saturated carbocycles. The van der Waals surface area contributed by atoms with E-state index in [-0.39, 0.29) is 25.0 Å². The molecule has 0 saturated heterocycles. The summed E-state index contributed by atoms with van der Waals surface area (Å²) in [4.78, 5) is 37.9.